The van der Waals surface area contributed by atoms with Gasteiger partial charge in [0.05, 0.1) is 17.9 Å². The van der Waals surface area contributed by atoms with E-state index in [4.69, 9.17) is 4.74 Å². The number of hydrogen-bond acceptors (Lipinski definition) is 5. The van der Waals surface area contributed by atoms with Crippen LogP contribution >= 0.6 is 0 Å². The zero-order valence-corrected chi connectivity index (χ0v) is 19.8. The number of piperidine rings is 1. The lowest BCUT2D eigenvalue weighted by Crippen LogP contribution is -2.52. The van der Waals surface area contributed by atoms with E-state index >= 15 is 0 Å². The maximum absolute atomic E-state index is 13.0. The van der Waals surface area contributed by atoms with Gasteiger partial charge in [-0.25, -0.2) is 8.42 Å². The molecule has 1 aliphatic heterocycles. The number of benzene rings is 1. The Kier molecular flexibility index (Phi) is 8.53. The lowest BCUT2D eigenvalue weighted by molar-refractivity contribution is -0.131. The molecule has 32 heavy (non-hydrogen) atoms. The summed E-state index contributed by atoms with van der Waals surface area (Å²) in [7, 11) is -2.18. The Morgan fingerprint density at radius 1 is 1.03 bits per heavy atom. The first-order chi connectivity index (χ1) is 15.3. The van der Waals surface area contributed by atoms with Crippen LogP contribution in [-0.2, 0) is 19.6 Å². The van der Waals surface area contributed by atoms with Gasteiger partial charge in [0.1, 0.15) is 11.8 Å². The van der Waals surface area contributed by atoms with Gasteiger partial charge in [-0.1, -0.05) is 25.7 Å². The molecule has 1 aromatic rings. The smallest absolute Gasteiger partial charge is 0.243 e. The predicted molar refractivity (Wildman–Crippen MR) is 122 cm³/mol. The Balaban J connectivity index is 1.56. The van der Waals surface area contributed by atoms with Crippen LogP contribution in [0.4, 0.5) is 0 Å². The van der Waals surface area contributed by atoms with E-state index < -0.39 is 22.0 Å². The van der Waals surface area contributed by atoms with Crippen molar-refractivity contribution in [2.24, 2.45) is 5.92 Å². The minimum absolute atomic E-state index is 0.108. The molecule has 0 aromatic heterocycles. The molecule has 1 saturated heterocycles. The molecule has 1 heterocycles. The van der Waals surface area contributed by atoms with Gasteiger partial charge in [0.15, 0.2) is 0 Å². The fourth-order valence-corrected chi connectivity index (χ4v) is 5.94. The predicted octanol–water partition coefficient (Wildman–Crippen LogP) is 2.44. The molecule has 1 aromatic carbocycles. The van der Waals surface area contributed by atoms with E-state index in [1.807, 2.05) is 0 Å². The Labute approximate surface area is 191 Å². The molecule has 2 amide bonds. The first-order valence-corrected chi connectivity index (χ1v) is 13.0. The van der Waals surface area contributed by atoms with Gasteiger partial charge in [0, 0.05) is 19.1 Å². The minimum Gasteiger partial charge on any atom is -0.497 e. The average Bonchev–Trinajstić information content (AvgIpc) is 3.07. The molecule has 178 valence electrons. The minimum atomic E-state index is -3.70. The molecular formula is C23H35N3O5S. The highest BCUT2D eigenvalue weighted by Crippen LogP contribution is 2.25. The van der Waals surface area contributed by atoms with E-state index in [0.29, 0.717) is 25.1 Å². The van der Waals surface area contributed by atoms with Crippen LogP contribution in [-0.4, -0.2) is 56.8 Å². The second-order valence-corrected chi connectivity index (χ2v) is 10.7. The van der Waals surface area contributed by atoms with Crippen LogP contribution in [0.2, 0.25) is 0 Å². The first kappa shape index (κ1) is 24.5. The lowest BCUT2D eigenvalue weighted by atomic mass is 9.98. The van der Waals surface area contributed by atoms with Crippen molar-refractivity contribution in [3.8, 4) is 5.75 Å². The molecule has 2 N–H and O–H groups in total. The normalized spacial score (nSPS) is 21.9. The van der Waals surface area contributed by atoms with E-state index in [9.17, 15) is 18.0 Å². The molecule has 1 aliphatic carbocycles. The molecule has 8 nitrogen and oxygen atoms in total. The van der Waals surface area contributed by atoms with E-state index in [0.717, 1.165) is 25.7 Å². The molecule has 0 bridgehead atoms. The molecular weight excluding hydrogens is 430 g/mol. The van der Waals surface area contributed by atoms with Crippen molar-refractivity contribution in [2.75, 3.05) is 20.2 Å². The number of ether oxygens (including phenoxy) is 1. The van der Waals surface area contributed by atoms with Crippen LogP contribution in [0.25, 0.3) is 0 Å². The number of carbonyl (C=O) groups excluding carboxylic acids is 2. The number of rotatable bonds is 7. The number of methoxy groups -OCH3 is 1. The number of sulfonamides is 1. The SMILES string of the molecule is COc1ccc(S(=O)(=O)N2CCC[C@@H](C(=O)N[C@@H](C)C(=O)NC3CCCCCC3)C2)cc1. The van der Waals surface area contributed by atoms with Gasteiger partial charge in [0.2, 0.25) is 21.8 Å². The molecule has 9 heteroatoms. The summed E-state index contributed by atoms with van der Waals surface area (Å²) in [6.07, 6.45) is 7.79. The summed E-state index contributed by atoms with van der Waals surface area (Å²) in [5.41, 5.74) is 0. The van der Waals surface area contributed by atoms with Crippen molar-refractivity contribution in [1.82, 2.24) is 14.9 Å². The summed E-state index contributed by atoms with van der Waals surface area (Å²) in [6, 6.07) is 5.75. The van der Waals surface area contributed by atoms with E-state index in [1.54, 1.807) is 19.1 Å². The molecule has 0 unspecified atom stereocenters. The number of carbonyl (C=O) groups is 2. The highest BCUT2D eigenvalue weighted by molar-refractivity contribution is 7.89. The summed E-state index contributed by atoms with van der Waals surface area (Å²) in [4.78, 5) is 25.6. The summed E-state index contributed by atoms with van der Waals surface area (Å²) in [5.74, 6) is -0.354. The van der Waals surface area contributed by atoms with Gasteiger partial charge in [0.25, 0.3) is 0 Å². The molecule has 3 rings (SSSR count). The summed E-state index contributed by atoms with van der Waals surface area (Å²) in [5, 5.41) is 5.85. The maximum atomic E-state index is 13.0. The van der Waals surface area contributed by atoms with Crippen molar-refractivity contribution in [3.05, 3.63) is 24.3 Å². The van der Waals surface area contributed by atoms with Crippen LogP contribution in [0, 0.1) is 5.92 Å². The average molecular weight is 466 g/mol. The first-order valence-electron chi connectivity index (χ1n) is 11.6. The summed E-state index contributed by atoms with van der Waals surface area (Å²) < 4.78 is 32.5. The molecule has 0 radical (unpaired) electrons. The fraction of sp³-hybridized carbons (Fsp3) is 0.652. The topological polar surface area (TPSA) is 105 Å². The zero-order chi connectivity index (χ0) is 23.1. The van der Waals surface area contributed by atoms with Crippen molar-refractivity contribution >= 4 is 21.8 Å². The van der Waals surface area contributed by atoms with Gasteiger partial charge < -0.3 is 15.4 Å². The van der Waals surface area contributed by atoms with Crippen LogP contribution in [0.1, 0.15) is 58.3 Å². The third-order valence-electron chi connectivity index (χ3n) is 6.41. The van der Waals surface area contributed by atoms with Crippen molar-refractivity contribution in [2.45, 2.75) is 75.3 Å². The van der Waals surface area contributed by atoms with Crippen LogP contribution in [0.5, 0.6) is 5.75 Å². The maximum Gasteiger partial charge on any atom is 0.243 e. The Morgan fingerprint density at radius 3 is 2.31 bits per heavy atom. The van der Waals surface area contributed by atoms with E-state index in [1.165, 1.54) is 36.4 Å². The summed E-state index contributed by atoms with van der Waals surface area (Å²) in [6.45, 7) is 2.16. The molecule has 2 fully saturated rings. The second kappa shape index (κ2) is 11.1. The lowest BCUT2D eigenvalue weighted by Gasteiger charge is -2.32. The Bertz CT molecular complexity index is 879. The number of nitrogens with zero attached hydrogens (tertiary/aromatic N) is 1. The van der Waals surface area contributed by atoms with Gasteiger partial charge >= 0.3 is 0 Å². The largest absolute Gasteiger partial charge is 0.497 e. The van der Waals surface area contributed by atoms with Gasteiger partial charge in [-0.2, -0.15) is 4.31 Å². The third kappa shape index (κ3) is 6.22. The fourth-order valence-electron chi connectivity index (χ4n) is 4.42. The van der Waals surface area contributed by atoms with Crippen molar-refractivity contribution in [1.29, 1.82) is 0 Å². The van der Waals surface area contributed by atoms with Crippen LogP contribution in [0.15, 0.2) is 29.2 Å². The Morgan fingerprint density at radius 2 is 1.69 bits per heavy atom. The standard InChI is InChI=1S/C23H35N3O5S/c1-17(22(27)25-19-9-5-3-4-6-10-19)24-23(28)18-8-7-15-26(16-18)32(29,30)21-13-11-20(31-2)12-14-21/h11-14,17-19H,3-10,15-16H2,1-2H3,(H,24,28)(H,25,27)/t17-,18+/m0/s1. The van der Waals surface area contributed by atoms with Crippen LogP contribution < -0.4 is 15.4 Å². The van der Waals surface area contributed by atoms with Gasteiger partial charge in [-0.15, -0.1) is 0 Å². The van der Waals surface area contributed by atoms with Crippen LogP contribution in [0.3, 0.4) is 0 Å². The quantitative estimate of drug-likeness (QED) is 0.602. The molecule has 2 atom stereocenters. The molecule has 0 spiro atoms. The van der Waals surface area contributed by atoms with Crippen molar-refractivity contribution < 1.29 is 22.7 Å². The van der Waals surface area contributed by atoms with E-state index in [2.05, 4.69) is 10.6 Å². The van der Waals surface area contributed by atoms with Gasteiger partial charge in [-0.3, -0.25) is 9.59 Å². The second-order valence-electron chi connectivity index (χ2n) is 8.81. The van der Waals surface area contributed by atoms with Gasteiger partial charge in [-0.05, 0) is 56.9 Å². The highest BCUT2D eigenvalue weighted by atomic mass is 32.2. The molecule has 2 aliphatic rings. The highest BCUT2D eigenvalue weighted by Gasteiger charge is 2.34. The zero-order valence-electron chi connectivity index (χ0n) is 19.0. The number of hydrogen-bond donors (Lipinski definition) is 2. The third-order valence-corrected chi connectivity index (χ3v) is 8.29. The van der Waals surface area contributed by atoms with Crippen molar-refractivity contribution in [3.63, 3.8) is 0 Å². The Hall–Kier alpha value is -2.13. The monoisotopic (exact) mass is 465 g/mol. The number of nitrogens with one attached hydrogen (secondary N) is 2. The summed E-state index contributed by atoms with van der Waals surface area (Å²) >= 11 is 0. The number of amides is 2. The molecule has 1 saturated carbocycles. The van der Waals surface area contributed by atoms with E-state index in [-0.39, 0.29) is 29.3 Å².